The monoisotopic (exact) mass is 298 g/mol. The van der Waals surface area contributed by atoms with Crippen molar-refractivity contribution in [3.8, 4) is 0 Å². The Kier molecular flexibility index (Phi) is 5.00. The van der Waals surface area contributed by atoms with E-state index in [0.717, 1.165) is 13.1 Å². The van der Waals surface area contributed by atoms with Crippen LogP contribution in [0.15, 0.2) is 0 Å². The fraction of sp³-hybridized carbons (Fsp3) is 0.769. The Bertz CT molecular complexity index is 422. The molecule has 2 saturated heterocycles. The third kappa shape index (κ3) is 3.63. The summed E-state index contributed by atoms with van der Waals surface area (Å²) in [6.45, 7) is 4.92. The maximum atomic E-state index is 12.0. The maximum absolute atomic E-state index is 12.0. The summed E-state index contributed by atoms with van der Waals surface area (Å²) in [5, 5.41) is 14.8. The van der Waals surface area contributed by atoms with Crippen LogP contribution >= 0.6 is 0 Å². The molecule has 3 amide bonds. The molecule has 21 heavy (non-hydrogen) atoms. The molecule has 2 atom stereocenters. The van der Waals surface area contributed by atoms with E-state index in [1.165, 1.54) is 4.90 Å². The van der Waals surface area contributed by atoms with E-state index >= 15 is 0 Å². The standard InChI is InChI=1S/C13H22N4O4/c1-9-10(12(19)20)2-5-17(9)13(21)15-8-11(18)16-6-3-14-4-7-16/h9-10,14H,2-8H2,1H3,(H,15,21)(H,19,20). The van der Waals surface area contributed by atoms with Gasteiger partial charge in [0.25, 0.3) is 0 Å². The summed E-state index contributed by atoms with van der Waals surface area (Å²) in [6, 6.07) is -0.716. The normalized spacial score (nSPS) is 25.8. The van der Waals surface area contributed by atoms with Crippen LogP contribution in [0.3, 0.4) is 0 Å². The van der Waals surface area contributed by atoms with Gasteiger partial charge in [-0.25, -0.2) is 4.79 Å². The van der Waals surface area contributed by atoms with Crippen molar-refractivity contribution < 1.29 is 19.5 Å². The van der Waals surface area contributed by atoms with Gasteiger partial charge in [0.15, 0.2) is 0 Å². The van der Waals surface area contributed by atoms with E-state index in [2.05, 4.69) is 10.6 Å². The number of aliphatic carboxylic acids is 1. The average Bonchev–Trinajstić information content (AvgIpc) is 2.87. The number of hydrogen-bond donors (Lipinski definition) is 3. The maximum Gasteiger partial charge on any atom is 0.318 e. The minimum absolute atomic E-state index is 0.0419. The van der Waals surface area contributed by atoms with Crippen LogP contribution in [0.5, 0.6) is 0 Å². The van der Waals surface area contributed by atoms with Gasteiger partial charge in [-0.15, -0.1) is 0 Å². The molecule has 2 heterocycles. The summed E-state index contributed by atoms with van der Waals surface area (Å²) in [5.41, 5.74) is 0. The molecule has 2 aliphatic rings. The van der Waals surface area contributed by atoms with Crippen LogP contribution in [0.1, 0.15) is 13.3 Å². The predicted molar refractivity (Wildman–Crippen MR) is 74.8 cm³/mol. The van der Waals surface area contributed by atoms with Crippen LogP contribution in [0, 0.1) is 5.92 Å². The molecule has 2 unspecified atom stereocenters. The van der Waals surface area contributed by atoms with Gasteiger partial charge < -0.3 is 25.5 Å². The van der Waals surface area contributed by atoms with Crippen molar-refractivity contribution in [2.45, 2.75) is 19.4 Å². The zero-order valence-corrected chi connectivity index (χ0v) is 12.2. The van der Waals surface area contributed by atoms with Gasteiger partial charge in [0.1, 0.15) is 0 Å². The number of urea groups is 1. The van der Waals surface area contributed by atoms with Crippen molar-refractivity contribution in [1.82, 2.24) is 20.4 Å². The summed E-state index contributed by atoms with van der Waals surface area (Å²) in [5.74, 6) is -1.51. The Morgan fingerprint density at radius 3 is 2.48 bits per heavy atom. The van der Waals surface area contributed by atoms with Crippen molar-refractivity contribution in [2.75, 3.05) is 39.3 Å². The molecule has 0 saturated carbocycles. The highest BCUT2D eigenvalue weighted by Gasteiger charge is 2.38. The molecule has 3 N–H and O–H groups in total. The summed E-state index contributed by atoms with van der Waals surface area (Å²) in [6.07, 6.45) is 0.454. The number of carbonyl (C=O) groups excluding carboxylic acids is 2. The third-order valence-electron chi connectivity index (χ3n) is 4.19. The molecule has 0 spiro atoms. The van der Waals surface area contributed by atoms with Gasteiger partial charge in [0, 0.05) is 38.8 Å². The average molecular weight is 298 g/mol. The zero-order valence-electron chi connectivity index (χ0n) is 12.2. The van der Waals surface area contributed by atoms with Crippen molar-refractivity contribution in [3.05, 3.63) is 0 Å². The van der Waals surface area contributed by atoms with Crippen LogP contribution in [-0.2, 0) is 9.59 Å². The number of rotatable bonds is 3. The first-order valence-electron chi connectivity index (χ1n) is 7.26. The lowest BCUT2D eigenvalue weighted by Crippen LogP contribution is -2.51. The summed E-state index contributed by atoms with van der Waals surface area (Å²) in [4.78, 5) is 38.2. The summed E-state index contributed by atoms with van der Waals surface area (Å²) < 4.78 is 0. The van der Waals surface area contributed by atoms with E-state index in [1.54, 1.807) is 11.8 Å². The van der Waals surface area contributed by atoms with E-state index in [9.17, 15) is 14.4 Å². The first-order valence-corrected chi connectivity index (χ1v) is 7.26. The lowest BCUT2D eigenvalue weighted by molar-refractivity contribution is -0.142. The molecular formula is C13H22N4O4. The second kappa shape index (κ2) is 6.75. The van der Waals surface area contributed by atoms with Gasteiger partial charge in [-0.3, -0.25) is 9.59 Å². The fourth-order valence-electron chi connectivity index (χ4n) is 2.84. The van der Waals surface area contributed by atoms with E-state index < -0.39 is 11.9 Å². The van der Waals surface area contributed by atoms with Crippen LogP contribution in [0.4, 0.5) is 4.79 Å². The van der Waals surface area contributed by atoms with Crippen molar-refractivity contribution in [1.29, 1.82) is 0 Å². The van der Waals surface area contributed by atoms with Gasteiger partial charge >= 0.3 is 12.0 Å². The second-order valence-electron chi connectivity index (χ2n) is 5.46. The number of nitrogens with one attached hydrogen (secondary N) is 2. The molecule has 8 nitrogen and oxygen atoms in total. The zero-order chi connectivity index (χ0) is 15.4. The molecule has 0 aromatic heterocycles. The van der Waals surface area contributed by atoms with Crippen molar-refractivity contribution >= 4 is 17.9 Å². The number of piperazine rings is 1. The Morgan fingerprint density at radius 1 is 1.24 bits per heavy atom. The van der Waals surface area contributed by atoms with E-state index in [-0.39, 0.29) is 24.5 Å². The molecule has 0 bridgehead atoms. The highest BCUT2D eigenvalue weighted by Crippen LogP contribution is 2.24. The van der Waals surface area contributed by atoms with Crippen LogP contribution in [0.25, 0.3) is 0 Å². The number of amides is 3. The lowest BCUT2D eigenvalue weighted by Gasteiger charge is -2.28. The SMILES string of the molecule is CC1C(C(=O)O)CCN1C(=O)NCC(=O)N1CCNCC1. The molecule has 2 fully saturated rings. The highest BCUT2D eigenvalue weighted by molar-refractivity contribution is 5.85. The van der Waals surface area contributed by atoms with Crippen LogP contribution in [-0.4, -0.2) is 78.1 Å². The number of likely N-dealkylation sites (tertiary alicyclic amines) is 1. The minimum Gasteiger partial charge on any atom is -0.481 e. The van der Waals surface area contributed by atoms with Gasteiger partial charge in [0.2, 0.25) is 5.91 Å². The van der Waals surface area contributed by atoms with Gasteiger partial charge in [0.05, 0.1) is 12.5 Å². The molecule has 0 aromatic carbocycles. The van der Waals surface area contributed by atoms with E-state index in [1.807, 2.05) is 0 Å². The quantitative estimate of drug-likeness (QED) is 0.615. The van der Waals surface area contributed by atoms with Crippen LogP contribution < -0.4 is 10.6 Å². The molecule has 0 radical (unpaired) electrons. The first-order chi connectivity index (χ1) is 10.0. The lowest BCUT2D eigenvalue weighted by atomic mass is 10.0. The number of carboxylic acid groups (broad SMARTS) is 1. The van der Waals surface area contributed by atoms with Gasteiger partial charge in [-0.05, 0) is 13.3 Å². The molecular weight excluding hydrogens is 276 g/mol. The number of carboxylic acids is 1. The number of nitrogens with zero attached hydrogens (tertiary/aromatic N) is 2. The summed E-state index contributed by atoms with van der Waals surface area (Å²) >= 11 is 0. The van der Waals surface area contributed by atoms with Crippen LogP contribution in [0.2, 0.25) is 0 Å². The summed E-state index contributed by atoms with van der Waals surface area (Å²) in [7, 11) is 0. The fourth-order valence-corrected chi connectivity index (χ4v) is 2.84. The highest BCUT2D eigenvalue weighted by atomic mass is 16.4. The first kappa shape index (κ1) is 15.6. The predicted octanol–water partition coefficient (Wildman–Crippen LogP) is -1.08. The molecule has 118 valence electrons. The number of hydrogen-bond acceptors (Lipinski definition) is 4. The second-order valence-corrected chi connectivity index (χ2v) is 5.46. The molecule has 2 aliphatic heterocycles. The topological polar surface area (TPSA) is 102 Å². The molecule has 8 heteroatoms. The molecule has 0 aromatic rings. The van der Waals surface area contributed by atoms with E-state index in [0.29, 0.717) is 26.1 Å². The Hall–Kier alpha value is -1.83. The Labute approximate surface area is 123 Å². The van der Waals surface area contributed by atoms with Gasteiger partial charge in [-0.1, -0.05) is 0 Å². The largest absolute Gasteiger partial charge is 0.481 e. The van der Waals surface area contributed by atoms with Crippen molar-refractivity contribution in [3.63, 3.8) is 0 Å². The smallest absolute Gasteiger partial charge is 0.318 e. The third-order valence-corrected chi connectivity index (χ3v) is 4.19. The van der Waals surface area contributed by atoms with E-state index in [4.69, 9.17) is 5.11 Å². The Morgan fingerprint density at radius 2 is 1.90 bits per heavy atom. The minimum atomic E-state index is -0.880. The molecule has 2 rings (SSSR count). The van der Waals surface area contributed by atoms with Gasteiger partial charge in [-0.2, -0.15) is 0 Å². The van der Waals surface area contributed by atoms with Crippen molar-refractivity contribution in [2.24, 2.45) is 5.92 Å². The number of carbonyl (C=O) groups is 3. The molecule has 0 aliphatic carbocycles. The Balaban J connectivity index is 1.79.